The summed E-state index contributed by atoms with van der Waals surface area (Å²) in [6.07, 6.45) is -2.33. The van der Waals surface area contributed by atoms with Gasteiger partial charge in [0.05, 0.1) is 6.26 Å². The molecule has 2 atom stereocenters. The van der Waals surface area contributed by atoms with E-state index in [1.807, 2.05) is 0 Å². The topological polar surface area (TPSA) is 161 Å². The third-order valence-electron chi connectivity index (χ3n) is 1.30. The van der Waals surface area contributed by atoms with Crippen LogP contribution < -0.4 is 4.72 Å². The number of aliphatic hydroxyl groups excluding tert-OH is 1. The molecule has 0 aliphatic rings. The molecule has 0 unspecified atom stereocenters. The lowest BCUT2D eigenvalue weighted by Gasteiger charge is -2.25. The Morgan fingerprint density at radius 3 is 1.93 bits per heavy atom. The molecule has 5 N–H and O–H groups in total. The number of sulfonamides is 1. The summed E-state index contributed by atoms with van der Waals surface area (Å²) >= 11 is 0. The van der Waals surface area contributed by atoms with E-state index in [1.54, 1.807) is 0 Å². The Morgan fingerprint density at radius 2 is 1.73 bits per heavy atom. The summed E-state index contributed by atoms with van der Waals surface area (Å²) in [5, 5.41) is 34.6. The molecule has 0 heterocycles. The average Bonchev–Trinajstić information content (AvgIpc) is 1.99. The summed E-state index contributed by atoms with van der Waals surface area (Å²) in [5.74, 6) is -4.32. The molecule has 0 amide bonds. The van der Waals surface area contributed by atoms with Gasteiger partial charge in [-0.15, -0.1) is 0 Å². The van der Waals surface area contributed by atoms with Crippen LogP contribution >= 0.6 is 0 Å². The number of rotatable bonds is 5. The van der Waals surface area contributed by atoms with Crippen molar-refractivity contribution in [2.45, 2.75) is 11.8 Å². The van der Waals surface area contributed by atoms with Crippen LogP contribution in [0.15, 0.2) is 0 Å². The first-order chi connectivity index (χ1) is 6.50. The molecular weight excluding hydrogens is 234 g/mol. The molecule has 0 fully saturated rings. The maximum Gasteiger partial charge on any atom is 0.355 e. The molecule has 0 spiro atoms. The van der Waals surface area contributed by atoms with E-state index >= 15 is 0 Å². The molecule has 0 rings (SSSR count). The predicted molar refractivity (Wildman–Crippen MR) is 44.2 cm³/mol. The van der Waals surface area contributed by atoms with E-state index in [4.69, 9.17) is 20.4 Å². The van der Waals surface area contributed by atoms with Crippen molar-refractivity contribution in [2.24, 2.45) is 0 Å². The monoisotopic (exact) mass is 243 g/mol. The molecular formula is C5H9NO8S. The Hall–Kier alpha value is -1.23. The van der Waals surface area contributed by atoms with Crippen molar-refractivity contribution in [1.29, 1.82) is 0 Å². The van der Waals surface area contributed by atoms with Crippen LogP contribution in [0.4, 0.5) is 0 Å². The van der Waals surface area contributed by atoms with Crippen molar-refractivity contribution in [2.75, 3.05) is 6.26 Å². The maximum atomic E-state index is 10.6. The number of aliphatic hydroxyl groups is 2. The molecule has 88 valence electrons. The zero-order chi connectivity index (χ0) is 12.4. The highest BCUT2D eigenvalue weighted by molar-refractivity contribution is 7.88. The van der Waals surface area contributed by atoms with Gasteiger partial charge in [-0.1, -0.05) is 0 Å². The second-order valence-corrected chi connectivity index (χ2v) is 4.43. The van der Waals surface area contributed by atoms with E-state index in [2.05, 4.69) is 0 Å². The Labute approximate surface area is 84.0 Å². The van der Waals surface area contributed by atoms with Crippen LogP contribution in [-0.4, -0.2) is 58.9 Å². The minimum atomic E-state index is -4.21. The van der Waals surface area contributed by atoms with Gasteiger partial charge in [-0.25, -0.2) is 18.0 Å². The lowest BCUT2D eigenvalue weighted by atomic mass is 10.1. The Kier molecular flexibility index (Phi) is 3.76. The number of aliphatic carboxylic acids is 2. The number of nitrogens with one attached hydrogen (secondary N) is 1. The first-order valence-electron chi connectivity index (χ1n) is 3.36. The van der Waals surface area contributed by atoms with Gasteiger partial charge in [0.15, 0.2) is 0 Å². The number of hydrogen-bond donors (Lipinski definition) is 5. The summed E-state index contributed by atoms with van der Waals surface area (Å²) < 4.78 is 22.4. The molecule has 0 aromatic heterocycles. The van der Waals surface area contributed by atoms with Crippen molar-refractivity contribution < 1.29 is 38.4 Å². The molecule has 15 heavy (non-hydrogen) atoms. The van der Waals surface area contributed by atoms with Crippen LogP contribution in [0.3, 0.4) is 0 Å². The Balaban J connectivity index is 5.26. The quantitative estimate of drug-likeness (QED) is 0.314. The lowest BCUT2D eigenvalue weighted by molar-refractivity contribution is -0.185. The molecule has 0 aliphatic carbocycles. The standard InChI is InChI=1S/C5H9NO8S/c1-15(13,14)6-5(12,4(10)11)2(7)3(8)9/h2,6-7,12H,1H3,(H,8,9)(H,10,11)/t2-,5+/m0/s1. The van der Waals surface area contributed by atoms with Gasteiger partial charge in [0.1, 0.15) is 0 Å². The summed E-state index contributed by atoms with van der Waals surface area (Å²) in [6, 6.07) is 0. The Morgan fingerprint density at radius 1 is 1.33 bits per heavy atom. The third kappa shape index (κ3) is 3.43. The fourth-order valence-corrected chi connectivity index (χ4v) is 1.44. The van der Waals surface area contributed by atoms with Gasteiger partial charge >= 0.3 is 11.9 Å². The highest BCUT2D eigenvalue weighted by atomic mass is 32.2. The molecule has 9 nitrogen and oxygen atoms in total. The van der Waals surface area contributed by atoms with Gasteiger partial charge in [0.2, 0.25) is 16.1 Å². The van der Waals surface area contributed by atoms with Crippen LogP contribution in [-0.2, 0) is 19.6 Å². The van der Waals surface area contributed by atoms with Gasteiger partial charge in [-0.05, 0) is 0 Å². The molecule has 0 bridgehead atoms. The first kappa shape index (κ1) is 13.8. The third-order valence-corrected chi connectivity index (χ3v) is 1.98. The second-order valence-electron chi connectivity index (χ2n) is 2.69. The van der Waals surface area contributed by atoms with Crippen molar-refractivity contribution in [3.8, 4) is 0 Å². The molecule has 0 radical (unpaired) electrons. The largest absolute Gasteiger partial charge is 0.479 e. The van der Waals surface area contributed by atoms with Gasteiger partial charge in [0.25, 0.3) is 5.72 Å². The molecule has 0 saturated heterocycles. The van der Waals surface area contributed by atoms with E-state index in [1.165, 1.54) is 0 Å². The summed E-state index contributed by atoms with van der Waals surface area (Å²) in [4.78, 5) is 20.7. The van der Waals surface area contributed by atoms with E-state index in [0.29, 0.717) is 6.26 Å². The minimum Gasteiger partial charge on any atom is -0.479 e. The molecule has 0 aromatic rings. The number of carbonyl (C=O) groups is 2. The first-order valence-corrected chi connectivity index (χ1v) is 5.25. The number of carboxylic acid groups (broad SMARTS) is 2. The predicted octanol–water partition coefficient (Wildman–Crippen LogP) is -3.25. The van der Waals surface area contributed by atoms with Gasteiger partial charge in [-0.2, -0.15) is 4.72 Å². The van der Waals surface area contributed by atoms with Crippen LogP contribution in [0.2, 0.25) is 0 Å². The highest BCUT2D eigenvalue weighted by Crippen LogP contribution is 2.09. The maximum absolute atomic E-state index is 10.6. The highest BCUT2D eigenvalue weighted by Gasteiger charge is 2.50. The zero-order valence-electron chi connectivity index (χ0n) is 7.41. The molecule has 0 aromatic carbocycles. The normalized spacial score (nSPS) is 17.8. The summed E-state index contributed by atoms with van der Waals surface area (Å²) in [5.41, 5.74) is -3.50. The zero-order valence-corrected chi connectivity index (χ0v) is 8.22. The van der Waals surface area contributed by atoms with Crippen LogP contribution in [0.25, 0.3) is 0 Å². The van der Waals surface area contributed by atoms with Crippen LogP contribution in [0, 0.1) is 0 Å². The smallest absolute Gasteiger partial charge is 0.355 e. The van der Waals surface area contributed by atoms with E-state index in [0.717, 1.165) is 4.72 Å². The number of hydrogen-bond acceptors (Lipinski definition) is 6. The SMILES string of the molecule is CS(=O)(=O)N[C@](O)(C(=O)O)[C@@H](O)C(=O)O. The summed E-state index contributed by atoms with van der Waals surface area (Å²) in [7, 11) is -4.21. The van der Waals surface area contributed by atoms with Crippen molar-refractivity contribution in [1.82, 2.24) is 4.72 Å². The van der Waals surface area contributed by atoms with E-state index in [9.17, 15) is 18.0 Å². The minimum absolute atomic E-state index is 0.496. The van der Waals surface area contributed by atoms with Crippen molar-refractivity contribution in [3.63, 3.8) is 0 Å². The average molecular weight is 243 g/mol. The van der Waals surface area contributed by atoms with E-state index in [-0.39, 0.29) is 0 Å². The van der Waals surface area contributed by atoms with Gasteiger partial charge in [-0.3, -0.25) is 0 Å². The second kappa shape index (κ2) is 4.10. The van der Waals surface area contributed by atoms with Crippen LogP contribution in [0.1, 0.15) is 0 Å². The summed E-state index contributed by atoms with van der Waals surface area (Å²) in [6.45, 7) is 0. The van der Waals surface area contributed by atoms with Crippen LogP contribution in [0.5, 0.6) is 0 Å². The molecule has 0 aliphatic heterocycles. The van der Waals surface area contributed by atoms with Crippen molar-refractivity contribution >= 4 is 22.0 Å². The fraction of sp³-hybridized carbons (Fsp3) is 0.600. The molecule has 10 heteroatoms. The molecule has 0 saturated carbocycles. The van der Waals surface area contributed by atoms with Gasteiger partial charge in [0, 0.05) is 0 Å². The fourth-order valence-electron chi connectivity index (χ4n) is 0.678. The Bertz CT molecular complexity index is 374. The lowest BCUT2D eigenvalue weighted by Crippen LogP contribution is -2.64. The number of carboxylic acids is 2. The van der Waals surface area contributed by atoms with Gasteiger partial charge < -0.3 is 20.4 Å². The van der Waals surface area contributed by atoms with Crippen molar-refractivity contribution in [3.05, 3.63) is 0 Å². The van der Waals surface area contributed by atoms with E-state index < -0.39 is 33.8 Å².